The molecule has 61 heavy (non-hydrogen) atoms. The molecule has 0 N–H and O–H groups in total. The SMILES string of the molecule is c1ccc(-c2ccc(-c3ccc4c(c3)c3c5ccccc5ccc3n4-c3nc(-c4cccc5oc6ccccc6c45)nc(-c4cccc5oc6ncccc6c45)n3)cc2)cc1. The minimum Gasteiger partial charge on any atom is -0.456 e. The lowest BCUT2D eigenvalue weighted by molar-refractivity contribution is 0.654. The number of rotatable bonds is 5. The average molecular weight is 782 g/mol. The zero-order chi connectivity index (χ0) is 40.0. The predicted octanol–water partition coefficient (Wildman–Crippen LogP) is 14.0. The van der Waals surface area contributed by atoms with Crippen molar-refractivity contribution in [1.29, 1.82) is 0 Å². The van der Waals surface area contributed by atoms with Crippen molar-refractivity contribution in [2.45, 2.75) is 0 Å². The molecule has 13 rings (SSSR count). The molecule has 5 heterocycles. The van der Waals surface area contributed by atoms with Gasteiger partial charge in [0.1, 0.15) is 16.7 Å². The van der Waals surface area contributed by atoms with Crippen LogP contribution in [0.3, 0.4) is 0 Å². The Balaban J connectivity index is 1.10. The molecular formula is C54H31N5O2. The third-order valence-electron chi connectivity index (χ3n) is 12.0. The van der Waals surface area contributed by atoms with E-state index in [4.69, 9.17) is 23.8 Å². The molecule has 0 saturated heterocycles. The summed E-state index contributed by atoms with van der Waals surface area (Å²) in [5.74, 6) is 1.56. The lowest BCUT2D eigenvalue weighted by atomic mass is 9.98. The van der Waals surface area contributed by atoms with Crippen LogP contribution in [0.15, 0.2) is 197 Å². The molecule has 0 spiro atoms. The largest absolute Gasteiger partial charge is 0.456 e. The van der Waals surface area contributed by atoms with Crippen LogP contribution in [-0.4, -0.2) is 24.5 Å². The third-order valence-corrected chi connectivity index (χ3v) is 12.0. The number of para-hydroxylation sites is 1. The molecule has 0 unspecified atom stereocenters. The van der Waals surface area contributed by atoms with Gasteiger partial charge in [0, 0.05) is 49.6 Å². The first-order chi connectivity index (χ1) is 30.2. The monoisotopic (exact) mass is 781 g/mol. The quantitative estimate of drug-likeness (QED) is 0.173. The Kier molecular flexibility index (Phi) is 7.17. The summed E-state index contributed by atoms with van der Waals surface area (Å²) in [5, 5.41) is 8.31. The topological polar surface area (TPSA) is 82.8 Å². The van der Waals surface area contributed by atoms with Crippen LogP contribution in [-0.2, 0) is 0 Å². The predicted molar refractivity (Wildman–Crippen MR) is 246 cm³/mol. The van der Waals surface area contributed by atoms with Gasteiger partial charge in [0.25, 0.3) is 0 Å². The lowest BCUT2D eigenvalue weighted by Crippen LogP contribution is -2.06. The second kappa shape index (κ2) is 13.0. The first-order valence-electron chi connectivity index (χ1n) is 20.3. The van der Waals surface area contributed by atoms with Gasteiger partial charge in [-0.05, 0) is 81.6 Å². The van der Waals surface area contributed by atoms with Gasteiger partial charge in [0.2, 0.25) is 11.7 Å². The fourth-order valence-electron chi connectivity index (χ4n) is 9.18. The fourth-order valence-corrected chi connectivity index (χ4v) is 9.18. The van der Waals surface area contributed by atoms with Gasteiger partial charge in [-0.1, -0.05) is 133 Å². The van der Waals surface area contributed by atoms with Crippen LogP contribution in [0.2, 0.25) is 0 Å². The van der Waals surface area contributed by atoms with Crippen LogP contribution in [0.1, 0.15) is 0 Å². The van der Waals surface area contributed by atoms with E-state index >= 15 is 0 Å². The Morgan fingerprint density at radius 2 is 0.984 bits per heavy atom. The van der Waals surface area contributed by atoms with E-state index in [1.807, 2.05) is 60.7 Å². The molecule has 0 aliphatic carbocycles. The van der Waals surface area contributed by atoms with Crippen LogP contribution in [0.5, 0.6) is 0 Å². The zero-order valence-electron chi connectivity index (χ0n) is 32.5. The summed E-state index contributed by atoms with van der Waals surface area (Å²) in [6, 6.07) is 63.1. The highest BCUT2D eigenvalue weighted by atomic mass is 16.3. The molecular weight excluding hydrogens is 751 g/mol. The van der Waals surface area contributed by atoms with Crippen LogP contribution >= 0.6 is 0 Å². The van der Waals surface area contributed by atoms with E-state index in [2.05, 4.69) is 131 Å². The lowest BCUT2D eigenvalue weighted by Gasteiger charge is -2.12. The summed E-state index contributed by atoms with van der Waals surface area (Å²) in [6.07, 6.45) is 1.75. The summed E-state index contributed by atoms with van der Waals surface area (Å²) in [5.41, 5.74) is 11.2. The van der Waals surface area contributed by atoms with E-state index in [-0.39, 0.29) is 0 Å². The second-order valence-electron chi connectivity index (χ2n) is 15.4. The maximum atomic E-state index is 6.36. The van der Waals surface area contributed by atoms with E-state index in [0.29, 0.717) is 28.9 Å². The van der Waals surface area contributed by atoms with Gasteiger partial charge >= 0.3 is 0 Å². The maximum absolute atomic E-state index is 6.36. The summed E-state index contributed by atoms with van der Waals surface area (Å²) < 4.78 is 14.8. The first-order valence-corrected chi connectivity index (χ1v) is 20.3. The molecule has 5 aromatic heterocycles. The minimum atomic E-state index is 0.503. The summed E-state index contributed by atoms with van der Waals surface area (Å²) in [7, 11) is 0. The van der Waals surface area contributed by atoms with E-state index < -0.39 is 0 Å². The molecule has 0 radical (unpaired) electrons. The van der Waals surface area contributed by atoms with Gasteiger partial charge in [0.15, 0.2) is 11.6 Å². The van der Waals surface area contributed by atoms with Crippen molar-refractivity contribution < 1.29 is 8.83 Å². The van der Waals surface area contributed by atoms with Gasteiger partial charge in [-0.3, -0.25) is 4.57 Å². The molecule has 7 nitrogen and oxygen atoms in total. The van der Waals surface area contributed by atoms with E-state index in [1.54, 1.807) is 6.20 Å². The highest BCUT2D eigenvalue weighted by Crippen LogP contribution is 2.42. The van der Waals surface area contributed by atoms with Crippen LogP contribution < -0.4 is 0 Å². The molecule has 13 aromatic rings. The molecule has 0 atom stereocenters. The number of furan rings is 2. The molecule has 0 aliphatic heterocycles. The second-order valence-corrected chi connectivity index (χ2v) is 15.4. The molecule has 0 saturated carbocycles. The van der Waals surface area contributed by atoms with Gasteiger partial charge < -0.3 is 8.83 Å². The van der Waals surface area contributed by atoms with Crippen molar-refractivity contribution in [3.05, 3.63) is 188 Å². The smallest absolute Gasteiger partial charge is 0.238 e. The Morgan fingerprint density at radius 1 is 0.377 bits per heavy atom. The first kappa shape index (κ1) is 33.5. The number of hydrogen-bond donors (Lipinski definition) is 0. The van der Waals surface area contributed by atoms with Crippen molar-refractivity contribution in [1.82, 2.24) is 24.5 Å². The van der Waals surface area contributed by atoms with E-state index in [1.165, 1.54) is 11.1 Å². The van der Waals surface area contributed by atoms with Crippen LogP contribution in [0, 0.1) is 0 Å². The van der Waals surface area contributed by atoms with Gasteiger partial charge in [-0.2, -0.15) is 9.97 Å². The van der Waals surface area contributed by atoms with Crippen molar-refractivity contribution >= 4 is 76.6 Å². The fraction of sp³-hybridized carbons (Fsp3) is 0. The number of hydrogen-bond acceptors (Lipinski definition) is 6. The maximum Gasteiger partial charge on any atom is 0.238 e. The molecule has 0 aliphatic rings. The van der Waals surface area contributed by atoms with E-state index in [9.17, 15) is 0 Å². The molecule has 0 bridgehead atoms. The Hall–Kier alpha value is -8.42. The van der Waals surface area contributed by atoms with Gasteiger partial charge in [-0.15, -0.1) is 0 Å². The Morgan fingerprint density at radius 3 is 1.79 bits per heavy atom. The van der Waals surface area contributed by atoms with Crippen molar-refractivity contribution in [2.24, 2.45) is 0 Å². The van der Waals surface area contributed by atoms with Crippen molar-refractivity contribution in [3.8, 4) is 51.0 Å². The molecule has 7 heteroatoms. The van der Waals surface area contributed by atoms with Crippen molar-refractivity contribution in [2.75, 3.05) is 0 Å². The van der Waals surface area contributed by atoms with Gasteiger partial charge in [-0.25, -0.2) is 9.97 Å². The average Bonchev–Trinajstić information content (AvgIpc) is 4.01. The Labute approximate surface area is 347 Å². The minimum absolute atomic E-state index is 0.503. The highest BCUT2D eigenvalue weighted by molar-refractivity contribution is 6.22. The van der Waals surface area contributed by atoms with Crippen LogP contribution in [0.25, 0.3) is 128 Å². The zero-order valence-corrected chi connectivity index (χ0v) is 32.5. The standard InChI is InChI=1S/C54H31N5O2/c1-2-11-32(12-3-1)33-22-24-34(25-23-33)36-27-28-43-42(31-36)48-37-14-5-4-13-35(37)26-29-44(48)59(43)54-57-51(39-16-8-20-46-49(39)38-15-6-7-19-45(38)60-46)56-52(58-54)40-17-9-21-47-50(40)41-18-10-30-55-53(41)61-47/h1-31H. The third kappa shape index (κ3) is 5.17. The summed E-state index contributed by atoms with van der Waals surface area (Å²) in [6.45, 7) is 0. The number of nitrogens with zero attached hydrogens (tertiary/aromatic N) is 5. The summed E-state index contributed by atoms with van der Waals surface area (Å²) >= 11 is 0. The molecule has 8 aromatic carbocycles. The number of fused-ring (bicyclic) bond motifs is 11. The van der Waals surface area contributed by atoms with E-state index in [0.717, 1.165) is 87.5 Å². The van der Waals surface area contributed by atoms with Crippen molar-refractivity contribution in [3.63, 3.8) is 0 Å². The van der Waals surface area contributed by atoms with Gasteiger partial charge in [0.05, 0.1) is 11.0 Å². The normalized spacial score (nSPS) is 11.9. The Bertz CT molecular complexity index is 3750. The van der Waals surface area contributed by atoms with Crippen LogP contribution in [0.4, 0.5) is 0 Å². The summed E-state index contributed by atoms with van der Waals surface area (Å²) in [4.78, 5) is 20.6. The number of benzene rings is 8. The number of pyridine rings is 1. The molecule has 0 amide bonds. The highest BCUT2D eigenvalue weighted by Gasteiger charge is 2.23. The molecule has 0 fully saturated rings. The molecule has 284 valence electrons. The number of aromatic nitrogens is 5.